The van der Waals surface area contributed by atoms with Gasteiger partial charge in [-0.1, -0.05) is 49.7 Å². The summed E-state index contributed by atoms with van der Waals surface area (Å²) in [5, 5.41) is 5.21. The standard InChI is InChI=1S/C45H49NO11/c1-21-7-10-26-25(19-21)9-11-28-35(26)38(49)29-13-12-27-32-20-43(5,46-37(27)36(29)39(28)50)40(24(4)51-32)52-33(47)15-16-34(48)53-41-23(3)31-14-8-22(2)30-17-18-44(6)55-42(54-41)45(30,31)57-56-44/h7,9-13,19,22-24,30-32,40-42,46H,8,14-18,20H2,1-6H3/t22-,23-,24-,30+,31+,32-,40-,41-,42-,43+,44-,45-/m1/s1. The Labute approximate surface area is 331 Å². The zero-order valence-electron chi connectivity index (χ0n) is 33.2. The third kappa shape index (κ3) is 5.50. The molecule has 57 heavy (non-hydrogen) atoms. The normalized spacial score (nSPS) is 38.5. The Balaban J connectivity index is 0.833. The van der Waals surface area contributed by atoms with Gasteiger partial charge in [-0.3, -0.25) is 19.2 Å². The number of benzene rings is 3. The van der Waals surface area contributed by atoms with Crippen molar-refractivity contribution in [3.8, 4) is 0 Å². The van der Waals surface area contributed by atoms with Crippen molar-refractivity contribution in [2.24, 2.45) is 23.7 Å². The van der Waals surface area contributed by atoms with E-state index >= 15 is 0 Å². The van der Waals surface area contributed by atoms with Gasteiger partial charge in [-0.05, 0) is 81.7 Å². The molecule has 12 atom stereocenters. The fourth-order valence-electron chi connectivity index (χ4n) is 11.4. The van der Waals surface area contributed by atoms with E-state index in [0.29, 0.717) is 46.7 Å². The molecular weight excluding hydrogens is 730 g/mol. The van der Waals surface area contributed by atoms with Gasteiger partial charge in [0, 0.05) is 46.9 Å². The lowest BCUT2D eigenvalue weighted by Gasteiger charge is -2.59. The highest BCUT2D eigenvalue weighted by Crippen LogP contribution is 2.61. The Morgan fingerprint density at radius 1 is 0.842 bits per heavy atom. The lowest BCUT2D eigenvalue weighted by Crippen LogP contribution is -2.70. The first-order valence-corrected chi connectivity index (χ1v) is 20.5. The lowest BCUT2D eigenvalue weighted by atomic mass is 9.58. The Hall–Kier alpha value is -4.20. The van der Waals surface area contributed by atoms with Crippen LogP contribution in [0.4, 0.5) is 5.69 Å². The van der Waals surface area contributed by atoms with Gasteiger partial charge in [-0.15, -0.1) is 0 Å². The molecule has 0 unspecified atom stereocenters. The average Bonchev–Trinajstić information content (AvgIpc) is 3.41. The summed E-state index contributed by atoms with van der Waals surface area (Å²) in [5.74, 6) is -2.18. The van der Waals surface area contributed by atoms with E-state index in [-0.39, 0.29) is 42.2 Å². The first kappa shape index (κ1) is 37.1. The van der Waals surface area contributed by atoms with E-state index in [9.17, 15) is 19.2 Å². The molecule has 300 valence electrons. The number of ether oxygens (including phenoxy) is 5. The summed E-state index contributed by atoms with van der Waals surface area (Å²) in [6, 6.07) is 13.1. The molecule has 6 heterocycles. The van der Waals surface area contributed by atoms with Crippen molar-refractivity contribution in [3.63, 3.8) is 0 Å². The van der Waals surface area contributed by atoms with E-state index in [4.69, 9.17) is 33.5 Å². The summed E-state index contributed by atoms with van der Waals surface area (Å²) in [5.41, 5.74) is 2.15. The second-order valence-corrected chi connectivity index (χ2v) is 18.1. The SMILES string of the molecule is Cc1ccc2c3c(ccc2c1)C(=O)c1c(ccc2c1N[C@@]1(C)C[C@H]2O[C@H](C)[C@H]1OC(=O)CCC(=O)O[C@@H]1O[C@@H]2O[C@@]4(C)CC[C@H]5[C@H](C)CC[C@@H]([C@H]1C)[C@@]25OO4)C3=O. The van der Waals surface area contributed by atoms with Crippen LogP contribution in [0.5, 0.6) is 0 Å². The molecule has 6 aliphatic heterocycles. The van der Waals surface area contributed by atoms with Gasteiger partial charge in [0.15, 0.2) is 29.6 Å². The van der Waals surface area contributed by atoms with Crippen LogP contribution in [0.1, 0.15) is 129 Å². The van der Waals surface area contributed by atoms with E-state index in [0.717, 1.165) is 41.2 Å². The number of anilines is 1. The summed E-state index contributed by atoms with van der Waals surface area (Å²) in [7, 11) is 0. The molecule has 12 heteroatoms. The quantitative estimate of drug-likeness (QED) is 0.159. The van der Waals surface area contributed by atoms with Crippen molar-refractivity contribution < 1.29 is 52.6 Å². The van der Waals surface area contributed by atoms with Crippen molar-refractivity contribution >= 4 is 40.0 Å². The zero-order chi connectivity index (χ0) is 39.8. The maximum absolute atomic E-state index is 14.3. The Bertz CT molecular complexity index is 2250. The number of aryl methyl sites for hydroxylation is 1. The van der Waals surface area contributed by atoms with Gasteiger partial charge < -0.3 is 29.0 Å². The number of hydrogen-bond acceptors (Lipinski definition) is 12. The number of carbonyl (C=O) groups is 4. The van der Waals surface area contributed by atoms with Crippen LogP contribution in [0.2, 0.25) is 0 Å². The van der Waals surface area contributed by atoms with Gasteiger partial charge in [0.1, 0.15) is 0 Å². The topological polar surface area (TPSA) is 145 Å². The summed E-state index contributed by atoms with van der Waals surface area (Å²) in [4.78, 5) is 67.3. The van der Waals surface area contributed by atoms with Gasteiger partial charge in [0.05, 0.1) is 41.8 Å². The summed E-state index contributed by atoms with van der Waals surface area (Å²) in [6.07, 6.45) is 0.191. The van der Waals surface area contributed by atoms with Gasteiger partial charge >= 0.3 is 11.9 Å². The molecule has 3 aromatic rings. The largest absolute Gasteiger partial charge is 0.457 e. The molecule has 5 saturated heterocycles. The van der Waals surface area contributed by atoms with Crippen LogP contribution >= 0.6 is 0 Å². The second kappa shape index (κ2) is 12.9. The molecule has 4 bridgehead atoms. The van der Waals surface area contributed by atoms with E-state index in [1.54, 1.807) is 12.1 Å². The number of rotatable bonds is 5. The molecule has 0 radical (unpaired) electrons. The first-order valence-electron chi connectivity index (χ1n) is 20.5. The predicted octanol–water partition coefficient (Wildman–Crippen LogP) is 7.40. The molecule has 1 N–H and O–H groups in total. The summed E-state index contributed by atoms with van der Waals surface area (Å²) in [6.45, 7) is 11.9. The molecule has 0 amide bonds. The van der Waals surface area contributed by atoms with Gasteiger partial charge in [-0.25, -0.2) is 9.78 Å². The average molecular weight is 780 g/mol. The van der Waals surface area contributed by atoms with Crippen molar-refractivity contribution in [2.45, 2.75) is 134 Å². The predicted molar refractivity (Wildman–Crippen MR) is 204 cm³/mol. The van der Waals surface area contributed by atoms with Crippen LogP contribution < -0.4 is 5.32 Å². The molecule has 11 rings (SSSR count). The molecule has 0 aromatic heterocycles. The van der Waals surface area contributed by atoms with Crippen molar-refractivity contribution in [1.29, 1.82) is 0 Å². The molecule has 12 nitrogen and oxygen atoms in total. The molecule has 1 spiro atoms. The van der Waals surface area contributed by atoms with Crippen molar-refractivity contribution in [2.75, 3.05) is 5.32 Å². The smallest absolute Gasteiger partial charge is 0.308 e. The van der Waals surface area contributed by atoms with Crippen molar-refractivity contribution in [3.05, 3.63) is 75.8 Å². The number of hydrogen-bond donors (Lipinski definition) is 1. The van der Waals surface area contributed by atoms with Crippen LogP contribution in [-0.4, -0.2) is 65.2 Å². The third-order valence-electron chi connectivity index (χ3n) is 14.3. The van der Waals surface area contributed by atoms with E-state index in [1.807, 2.05) is 65.0 Å². The van der Waals surface area contributed by atoms with Crippen LogP contribution in [0.25, 0.3) is 10.8 Å². The fourth-order valence-corrected chi connectivity index (χ4v) is 11.4. The minimum atomic E-state index is -0.950. The van der Waals surface area contributed by atoms with Crippen LogP contribution in [0.3, 0.4) is 0 Å². The van der Waals surface area contributed by atoms with Gasteiger partial charge in [0.2, 0.25) is 12.1 Å². The molecule has 1 saturated carbocycles. The van der Waals surface area contributed by atoms with E-state index in [2.05, 4.69) is 12.2 Å². The van der Waals surface area contributed by atoms with Crippen LogP contribution in [0.15, 0.2) is 42.5 Å². The Morgan fingerprint density at radius 2 is 1.58 bits per heavy atom. The number of fused-ring (bicyclic) bond motifs is 11. The van der Waals surface area contributed by atoms with Crippen molar-refractivity contribution in [1.82, 2.24) is 0 Å². The number of nitrogens with one attached hydrogen (secondary N) is 1. The minimum absolute atomic E-state index is 0.00803. The fraction of sp³-hybridized carbons (Fsp3) is 0.556. The molecule has 6 fully saturated rings. The Kier molecular flexibility index (Phi) is 8.39. The van der Waals surface area contributed by atoms with E-state index < -0.39 is 59.8 Å². The summed E-state index contributed by atoms with van der Waals surface area (Å²) >= 11 is 0. The highest BCUT2D eigenvalue weighted by Gasteiger charge is 2.70. The highest BCUT2D eigenvalue weighted by molar-refractivity contribution is 6.33. The van der Waals surface area contributed by atoms with Crippen LogP contribution in [-0.2, 0) is 43.0 Å². The maximum Gasteiger partial charge on any atom is 0.308 e. The number of carbonyl (C=O) groups excluding carboxylic acids is 4. The zero-order valence-corrected chi connectivity index (χ0v) is 33.2. The van der Waals surface area contributed by atoms with E-state index in [1.165, 1.54) is 0 Å². The molecule has 8 aliphatic rings. The number of esters is 2. The Morgan fingerprint density at radius 3 is 2.39 bits per heavy atom. The third-order valence-corrected chi connectivity index (χ3v) is 14.3. The van der Waals surface area contributed by atoms with Gasteiger partial charge in [0.25, 0.3) is 0 Å². The molecule has 2 aliphatic carbocycles. The maximum atomic E-state index is 14.3. The van der Waals surface area contributed by atoms with Crippen LogP contribution in [0, 0.1) is 30.6 Å². The molecular formula is C45H49NO11. The number of ketones is 2. The summed E-state index contributed by atoms with van der Waals surface area (Å²) < 4.78 is 31.3. The minimum Gasteiger partial charge on any atom is -0.457 e. The lowest BCUT2D eigenvalue weighted by molar-refractivity contribution is -0.576. The molecule has 3 aromatic carbocycles. The monoisotopic (exact) mass is 779 g/mol. The second-order valence-electron chi connectivity index (χ2n) is 18.1. The highest BCUT2D eigenvalue weighted by atomic mass is 17.3. The first-order chi connectivity index (χ1) is 27.2. The van der Waals surface area contributed by atoms with Gasteiger partial charge in [-0.2, -0.15) is 0 Å².